The molecule has 0 aliphatic heterocycles. The third-order valence-corrected chi connectivity index (χ3v) is 4.55. The first-order chi connectivity index (χ1) is 9.74. The van der Waals surface area contributed by atoms with Crippen molar-refractivity contribution in [2.24, 2.45) is 7.05 Å². The van der Waals surface area contributed by atoms with Crippen molar-refractivity contribution in [3.63, 3.8) is 0 Å². The number of tetrazole rings is 1. The lowest BCUT2D eigenvalue weighted by Crippen LogP contribution is -2.09. The fraction of sp³-hybridized carbons (Fsp3) is 0.538. The van der Waals surface area contributed by atoms with Gasteiger partial charge in [-0.3, -0.25) is 4.79 Å². The highest BCUT2D eigenvalue weighted by atomic mass is 32.2. The highest BCUT2D eigenvalue weighted by molar-refractivity contribution is 7.99. The van der Waals surface area contributed by atoms with Gasteiger partial charge in [0.25, 0.3) is 0 Å². The van der Waals surface area contributed by atoms with Gasteiger partial charge in [-0.05, 0) is 29.3 Å². The van der Waals surface area contributed by atoms with E-state index in [9.17, 15) is 4.79 Å². The molecule has 20 heavy (non-hydrogen) atoms. The highest BCUT2D eigenvalue weighted by Crippen LogP contribution is 2.31. The molecular weight excluding hydrogens is 274 g/mol. The van der Waals surface area contributed by atoms with Gasteiger partial charge in [0.15, 0.2) is 5.78 Å². The molecule has 2 heterocycles. The van der Waals surface area contributed by atoms with E-state index >= 15 is 0 Å². The van der Waals surface area contributed by atoms with Crippen LogP contribution in [0.15, 0.2) is 23.6 Å². The third-order valence-electron chi connectivity index (χ3n) is 3.62. The van der Waals surface area contributed by atoms with Crippen molar-refractivity contribution in [2.45, 2.75) is 36.9 Å². The van der Waals surface area contributed by atoms with Crippen LogP contribution in [0.25, 0.3) is 0 Å². The Morgan fingerprint density at radius 3 is 2.95 bits per heavy atom. The molecule has 1 aliphatic carbocycles. The number of carbonyl (C=O) groups excluding carboxylic acids is 1. The number of thioether (sulfide) groups is 1. The molecule has 3 rings (SSSR count). The van der Waals surface area contributed by atoms with E-state index in [0.29, 0.717) is 11.8 Å². The first-order valence-corrected chi connectivity index (χ1v) is 7.78. The summed E-state index contributed by atoms with van der Waals surface area (Å²) >= 11 is 1.42. The topological polar surface area (TPSA) is 65.6 Å². The predicted octanol–water partition coefficient (Wildman–Crippen LogP) is 2.10. The van der Waals surface area contributed by atoms with Crippen LogP contribution in [-0.2, 0) is 7.05 Å². The standard InChI is InChI=1S/C13H17N5OS/c1-17-7-6-10(8-17)12(19)9-20-13-14-15-16-18(13)11-4-2-3-5-11/h6-8,11H,2-5,9H2,1H3. The number of aryl methyl sites for hydroxylation is 1. The summed E-state index contributed by atoms with van der Waals surface area (Å²) in [7, 11) is 1.91. The van der Waals surface area contributed by atoms with Crippen LogP contribution in [0, 0.1) is 0 Å². The zero-order chi connectivity index (χ0) is 13.9. The Morgan fingerprint density at radius 1 is 1.45 bits per heavy atom. The van der Waals surface area contributed by atoms with Crippen LogP contribution < -0.4 is 0 Å². The molecule has 0 radical (unpaired) electrons. The Kier molecular flexibility index (Phi) is 3.86. The summed E-state index contributed by atoms with van der Waals surface area (Å²) in [4.78, 5) is 12.1. The Morgan fingerprint density at radius 2 is 2.25 bits per heavy atom. The molecule has 0 N–H and O–H groups in total. The minimum absolute atomic E-state index is 0.108. The molecule has 0 aromatic carbocycles. The van der Waals surface area contributed by atoms with Gasteiger partial charge in [-0.2, -0.15) is 0 Å². The highest BCUT2D eigenvalue weighted by Gasteiger charge is 2.22. The lowest BCUT2D eigenvalue weighted by Gasteiger charge is -2.10. The van der Waals surface area contributed by atoms with Gasteiger partial charge in [0, 0.05) is 25.0 Å². The zero-order valence-corrected chi connectivity index (χ0v) is 12.2. The molecule has 0 amide bonds. The largest absolute Gasteiger partial charge is 0.357 e. The number of carbonyl (C=O) groups is 1. The normalized spacial score (nSPS) is 15.8. The molecule has 106 valence electrons. The Labute approximate surface area is 121 Å². The van der Waals surface area contributed by atoms with Crippen LogP contribution in [0.2, 0.25) is 0 Å². The van der Waals surface area contributed by atoms with Gasteiger partial charge in [0.2, 0.25) is 5.16 Å². The molecule has 6 nitrogen and oxygen atoms in total. The summed E-state index contributed by atoms with van der Waals surface area (Å²) in [5.41, 5.74) is 0.736. The SMILES string of the molecule is Cn1ccc(C(=O)CSc2nnnn2C2CCCC2)c1. The molecular formula is C13H17N5OS. The smallest absolute Gasteiger partial charge is 0.210 e. The van der Waals surface area contributed by atoms with Crippen molar-refractivity contribution in [1.29, 1.82) is 0 Å². The first kappa shape index (κ1) is 13.4. The Bertz CT molecular complexity index is 599. The first-order valence-electron chi connectivity index (χ1n) is 6.80. The molecule has 0 bridgehead atoms. The number of hydrogen-bond acceptors (Lipinski definition) is 5. The number of rotatable bonds is 5. The second-order valence-corrected chi connectivity index (χ2v) is 6.06. The van der Waals surface area contributed by atoms with Gasteiger partial charge in [0.1, 0.15) is 0 Å². The average molecular weight is 291 g/mol. The Balaban J connectivity index is 1.64. The Hall–Kier alpha value is -1.63. The molecule has 1 aliphatic rings. The van der Waals surface area contributed by atoms with E-state index in [1.165, 1.54) is 24.6 Å². The predicted molar refractivity (Wildman–Crippen MR) is 75.8 cm³/mol. The van der Waals surface area contributed by atoms with Crippen LogP contribution >= 0.6 is 11.8 Å². The summed E-state index contributed by atoms with van der Waals surface area (Å²) in [5.74, 6) is 0.480. The maximum atomic E-state index is 12.1. The van der Waals surface area contributed by atoms with Crippen LogP contribution in [0.5, 0.6) is 0 Å². The molecule has 0 atom stereocenters. The van der Waals surface area contributed by atoms with Crippen molar-refractivity contribution in [3.8, 4) is 0 Å². The van der Waals surface area contributed by atoms with Crippen molar-refractivity contribution in [1.82, 2.24) is 24.8 Å². The number of ketones is 1. The van der Waals surface area contributed by atoms with Crippen molar-refractivity contribution < 1.29 is 4.79 Å². The number of hydrogen-bond donors (Lipinski definition) is 0. The maximum Gasteiger partial charge on any atom is 0.210 e. The summed E-state index contributed by atoms with van der Waals surface area (Å²) in [5, 5.41) is 12.6. The van der Waals surface area contributed by atoms with Gasteiger partial charge >= 0.3 is 0 Å². The fourth-order valence-corrected chi connectivity index (χ4v) is 3.38. The minimum atomic E-state index is 0.108. The van der Waals surface area contributed by atoms with Gasteiger partial charge in [-0.25, -0.2) is 4.68 Å². The molecule has 1 fully saturated rings. The summed E-state index contributed by atoms with van der Waals surface area (Å²) in [6, 6.07) is 2.24. The quantitative estimate of drug-likeness (QED) is 0.623. The monoisotopic (exact) mass is 291 g/mol. The van der Waals surface area contributed by atoms with E-state index in [2.05, 4.69) is 15.5 Å². The molecule has 0 unspecified atom stereocenters. The molecule has 2 aromatic heterocycles. The molecule has 0 spiro atoms. The maximum absolute atomic E-state index is 12.1. The average Bonchev–Trinajstić information content (AvgIpc) is 3.16. The summed E-state index contributed by atoms with van der Waals surface area (Å²) in [6.45, 7) is 0. The van der Waals surface area contributed by atoms with Gasteiger partial charge in [-0.15, -0.1) is 5.10 Å². The van der Waals surface area contributed by atoms with Crippen molar-refractivity contribution in [3.05, 3.63) is 24.0 Å². The molecule has 7 heteroatoms. The van der Waals surface area contributed by atoms with Gasteiger partial charge in [0.05, 0.1) is 11.8 Å². The van der Waals surface area contributed by atoms with Crippen molar-refractivity contribution >= 4 is 17.5 Å². The van der Waals surface area contributed by atoms with Gasteiger partial charge < -0.3 is 4.57 Å². The number of Topliss-reactive ketones (excluding diaryl/α,β-unsaturated/α-hetero) is 1. The molecule has 2 aromatic rings. The van der Waals surface area contributed by atoms with Crippen LogP contribution in [0.1, 0.15) is 42.1 Å². The lowest BCUT2D eigenvalue weighted by atomic mass is 10.2. The number of nitrogens with zero attached hydrogens (tertiary/aromatic N) is 5. The second kappa shape index (κ2) is 5.78. The van der Waals surface area contributed by atoms with Gasteiger partial charge in [-0.1, -0.05) is 24.6 Å². The van der Waals surface area contributed by atoms with E-state index in [1.807, 2.05) is 34.8 Å². The van der Waals surface area contributed by atoms with E-state index in [-0.39, 0.29) is 5.78 Å². The summed E-state index contributed by atoms with van der Waals surface area (Å²) in [6.07, 6.45) is 8.44. The molecule has 0 saturated heterocycles. The van der Waals surface area contributed by atoms with Crippen LogP contribution in [-0.4, -0.2) is 36.3 Å². The summed E-state index contributed by atoms with van der Waals surface area (Å²) < 4.78 is 3.76. The zero-order valence-electron chi connectivity index (χ0n) is 11.4. The van der Waals surface area contributed by atoms with E-state index in [0.717, 1.165) is 23.6 Å². The second-order valence-electron chi connectivity index (χ2n) is 5.12. The van der Waals surface area contributed by atoms with E-state index in [1.54, 1.807) is 0 Å². The number of aromatic nitrogens is 5. The van der Waals surface area contributed by atoms with Crippen molar-refractivity contribution in [2.75, 3.05) is 5.75 Å². The third kappa shape index (κ3) is 2.77. The molecule has 1 saturated carbocycles. The lowest BCUT2D eigenvalue weighted by molar-refractivity contribution is 0.102. The van der Waals surface area contributed by atoms with Crippen LogP contribution in [0.3, 0.4) is 0 Å². The van der Waals surface area contributed by atoms with E-state index in [4.69, 9.17) is 0 Å². The van der Waals surface area contributed by atoms with E-state index < -0.39 is 0 Å². The van der Waals surface area contributed by atoms with Crippen LogP contribution in [0.4, 0.5) is 0 Å². The fourth-order valence-electron chi connectivity index (χ4n) is 2.54. The minimum Gasteiger partial charge on any atom is -0.357 e.